The van der Waals surface area contributed by atoms with Crippen LogP contribution < -0.4 is 8.61 Å². The first-order chi connectivity index (χ1) is 12.5. The van der Waals surface area contributed by atoms with E-state index in [2.05, 4.69) is 0 Å². The fraction of sp³-hybridized carbons (Fsp3) is 0.588. The molecule has 0 saturated carbocycles. The molecule has 0 aliphatic carbocycles. The number of hydrogen-bond acceptors (Lipinski definition) is 4. The van der Waals surface area contributed by atoms with E-state index in [1.807, 2.05) is 34.1 Å². The zero-order valence-electron chi connectivity index (χ0n) is 14.9. The molecule has 0 spiro atoms. The third kappa shape index (κ3) is 2.79. The van der Waals surface area contributed by atoms with Gasteiger partial charge in [-0.1, -0.05) is 12.1 Å². The lowest BCUT2D eigenvalue weighted by Crippen LogP contribution is -2.53. The lowest BCUT2D eigenvalue weighted by atomic mass is 10.0. The second-order valence-corrected chi connectivity index (χ2v) is 8.70. The average Bonchev–Trinajstić information content (AvgIpc) is 2.88. The molecule has 0 N–H and O–H groups in total. The Balaban J connectivity index is 1.47. The monoisotopic (exact) mass is 380 g/mol. The molecular formula is C17H24N4O4S. The van der Waals surface area contributed by atoms with Crippen molar-refractivity contribution in [3.63, 3.8) is 0 Å². The van der Waals surface area contributed by atoms with E-state index >= 15 is 0 Å². The fourth-order valence-electron chi connectivity index (χ4n) is 3.93. The Morgan fingerprint density at radius 2 is 1.58 bits per heavy atom. The van der Waals surface area contributed by atoms with Crippen molar-refractivity contribution in [3.05, 3.63) is 24.3 Å². The molecule has 0 radical (unpaired) electrons. The van der Waals surface area contributed by atoms with Gasteiger partial charge in [-0.3, -0.25) is 4.31 Å². The second-order valence-electron chi connectivity index (χ2n) is 6.86. The summed E-state index contributed by atoms with van der Waals surface area (Å²) in [5.74, 6) is 0. The Bertz CT molecular complexity index is 786. The van der Waals surface area contributed by atoms with Crippen LogP contribution in [0.3, 0.4) is 0 Å². The molecule has 2 amide bonds. The first-order valence-corrected chi connectivity index (χ1v) is 10.4. The summed E-state index contributed by atoms with van der Waals surface area (Å²) in [5.41, 5.74) is 1.44. The van der Waals surface area contributed by atoms with E-state index < -0.39 is 10.2 Å². The zero-order chi connectivity index (χ0) is 18.3. The summed E-state index contributed by atoms with van der Waals surface area (Å²) in [6.45, 7) is 3.54. The highest BCUT2D eigenvalue weighted by Crippen LogP contribution is 2.42. The van der Waals surface area contributed by atoms with Crippen molar-refractivity contribution in [3.8, 4) is 0 Å². The largest absolute Gasteiger partial charge is 0.378 e. The standard InChI is InChI=1S/C17H24N4O4S/c1-18-15-4-2-3-5-16(15)21(26(18,23)24)14-6-8-19(9-7-14)17(22)20-10-12-25-13-11-20/h2-5,14H,6-13H2,1H3. The Morgan fingerprint density at radius 3 is 2.23 bits per heavy atom. The first-order valence-electron chi connectivity index (χ1n) is 8.99. The van der Waals surface area contributed by atoms with Gasteiger partial charge in [-0.15, -0.1) is 0 Å². The maximum absolute atomic E-state index is 12.9. The number of anilines is 2. The van der Waals surface area contributed by atoms with E-state index in [1.165, 1.54) is 4.31 Å². The van der Waals surface area contributed by atoms with Gasteiger partial charge in [0.25, 0.3) is 0 Å². The summed E-state index contributed by atoms with van der Waals surface area (Å²) in [4.78, 5) is 16.3. The number of nitrogens with zero attached hydrogens (tertiary/aromatic N) is 4. The van der Waals surface area contributed by atoms with Crippen molar-refractivity contribution < 1.29 is 17.9 Å². The van der Waals surface area contributed by atoms with Gasteiger partial charge in [0.15, 0.2) is 0 Å². The molecule has 0 unspecified atom stereocenters. The summed E-state index contributed by atoms with van der Waals surface area (Å²) in [7, 11) is -1.96. The molecule has 26 heavy (non-hydrogen) atoms. The predicted octanol–water partition coefficient (Wildman–Crippen LogP) is 1.10. The van der Waals surface area contributed by atoms with E-state index in [4.69, 9.17) is 4.74 Å². The number of carbonyl (C=O) groups excluding carboxylic acids is 1. The predicted molar refractivity (Wildman–Crippen MR) is 98.6 cm³/mol. The molecule has 8 nitrogen and oxygen atoms in total. The maximum atomic E-state index is 12.9. The quantitative estimate of drug-likeness (QED) is 0.731. The molecule has 9 heteroatoms. The highest BCUT2D eigenvalue weighted by molar-refractivity contribution is 7.94. The number of fused-ring (bicyclic) bond motifs is 1. The molecule has 2 saturated heterocycles. The molecule has 4 rings (SSSR count). The molecule has 3 aliphatic rings. The lowest BCUT2D eigenvalue weighted by molar-refractivity contribution is 0.0413. The number of carbonyl (C=O) groups is 1. The van der Waals surface area contributed by atoms with Crippen molar-refractivity contribution in [2.24, 2.45) is 0 Å². The fourth-order valence-corrected chi connectivity index (χ4v) is 5.59. The van der Waals surface area contributed by atoms with Crippen molar-refractivity contribution in [1.29, 1.82) is 0 Å². The van der Waals surface area contributed by atoms with Crippen molar-refractivity contribution in [2.45, 2.75) is 18.9 Å². The second kappa shape index (κ2) is 6.62. The van der Waals surface area contributed by atoms with Crippen LogP contribution >= 0.6 is 0 Å². The van der Waals surface area contributed by atoms with Crippen LogP contribution in [0.25, 0.3) is 0 Å². The van der Waals surface area contributed by atoms with E-state index in [1.54, 1.807) is 11.4 Å². The zero-order valence-corrected chi connectivity index (χ0v) is 15.7. The maximum Gasteiger partial charge on any atom is 0.326 e. The third-order valence-corrected chi connectivity index (χ3v) is 7.28. The Hall–Kier alpha value is -2.00. The number of rotatable bonds is 1. The number of urea groups is 1. The van der Waals surface area contributed by atoms with Crippen LogP contribution in [0.2, 0.25) is 0 Å². The Morgan fingerprint density at radius 1 is 1.00 bits per heavy atom. The number of morpholine rings is 1. The number of hydrogen-bond donors (Lipinski definition) is 0. The number of piperidine rings is 1. The van der Waals surface area contributed by atoms with Crippen molar-refractivity contribution >= 4 is 27.6 Å². The number of ether oxygens (including phenoxy) is 1. The van der Waals surface area contributed by atoms with Gasteiger partial charge in [0.05, 0.1) is 30.6 Å². The van der Waals surface area contributed by atoms with Crippen LogP contribution in [0.4, 0.5) is 16.2 Å². The van der Waals surface area contributed by atoms with Crippen LogP contribution in [0.15, 0.2) is 24.3 Å². The van der Waals surface area contributed by atoms with Crippen molar-refractivity contribution in [2.75, 3.05) is 55.1 Å². The minimum Gasteiger partial charge on any atom is -0.378 e. The molecule has 0 bridgehead atoms. The van der Waals surface area contributed by atoms with Gasteiger partial charge in [-0.25, -0.2) is 9.10 Å². The van der Waals surface area contributed by atoms with Gasteiger partial charge < -0.3 is 14.5 Å². The Labute approximate surface area is 154 Å². The van der Waals surface area contributed by atoms with Gasteiger partial charge in [0, 0.05) is 33.2 Å². The summed E-state index contributed by atoms with van der Waals surface area (Å²) < 4.78 is 33.9. The van der Waals surface area contributed by atoms with E-state index in [9.17, 15) is 13.2 Å². The van der Waals surface area contributed by atoms with E-state index in [-0.39, 0.29) is 12.1 Å². The summed E-state index contributed by atoms with van der Waals surface area (Å²) in [6, 6.07) is 7.29. The van der Waals surface area contributed by atoms with E-state index in [0.29, 0.717) is 57.9 Å². The van der Waals surface area contributed by atoms with Crippen LogP contribution in [-0.4, -0.2) is 76.7 Å². The molecule has 1 aromatic carbocycles. The summed E-state index contributed by atoms with van der Waals surface area (Å²) >= 11 is 0. The minimum absolute atomic E-state index is 0.0357. The van der Waals surface area contributed by atoms with Gasteiger partial charge >= 0.3 is 16.2 Å². The van der Waals surface area contributed by atoms with Crippen LogP contribution in [-0.2, 0) is 14.9 Å². The van der Waals surface area contributed by atoms with Crippen molar-refractivity contribution in [1.82, 2.24) is 9.80 Å². The first kappa shape index (κ1) is 17.4. The Kier molecular flexibility index (Phi) is 4.44. The minimum atomic E-state index is -3.55. The van der Waals surface area contributed by atoms with Crippen LogP contribution in [0.5, 0.6) is 0 Å². The molecule has 0 aromatic heterocycles. The SMILES string of the molecule is CN1c2ccccc2N(C2CCN(C(=O)N3CCOCC3)CC2)S1(=O)=O. The van der Waals surface area contributed by atoms with E-state index in [0.717, 1.165) is 5.69 Å². The van der Waals surface area contributed by atoms with Gasteiger partial charge in [0.1, 0.15) is 0 Å². The summed E-state index contributed by atoms with van der Waals surface area (Å²) in [6.07, 6.45) is 1.27. The number of likely N-dealkylation sites (tertiary alicyclic amines) is 1. The molecule has 2 fully saturated rings. The van der Waals surface area contributed by atoms with Gasteiger partial charge in [0.2, 0.25) is 0 Å². The number of para-hydroxylation sites is 2. The molecule has 1 aromatic rings. The molecule has 142 valence electrons. The van der Waals surface area contributed by atoms with Gasteiger partial charge in [-0.2, -0.15) is 8.42 Å². The smallest absolute Gasteiger partial charge is 0.326 e. The van der Waals surface area contributed by atoms with Crippen LogP contribution in [0, 0.1) is 0 Å². The normalized spacial score (nSPS) is 23.3. The molecule has 3 heterocycles. The molecule has 0 atom stereocenters. The highest BCUT2D eigenvalue weighted by atomic mass is 32.2. The summed E-state index contributed by atoms with van der Waals surface area (Å²) in [5, 5.41) is 0. The third-order valence-electron chi connectivity index (χ3n) is 5.40. The lowest BCUT2D eigenvalue weighted by Gasteiger charge is -2.39. The number of benzene rings is 1. The highest BCUT2D eigenvalue weighted by Gasteiger charge is 2.43. The number of amides is 2. The average molecular weight is 380 g/mol. The van der Waals surface area contributed by atoms with Gasteiger partial charge in [-0.05, 0) is 25.0 Å². The molecular weight excluding hydrogens is 356 g/mol. The van der Waals surface area contributed by atoms with Crippen LogP contribution in [0.1, 0.15) is 12.8 Å². The topological polar surface area (TPSA) is 73.4 Å². The molecule has 3 aliphatic heterocycles.